The predicted octanol–water partition coefficient (Wildman–Crippen LogP) is 2.95. The quantitative estimate of drug-likeness (QED) is 0.913. The van der Waals surface area contributed by atoms with Crippen molar-refractivity contribution in [2.24, 2.45) is 7.05 Å². The molecule has 0 fully saturated rings. The SMILES string of the molecule is CCc1nc(-c2cccc3c2OC(C)(C)C3)c(N)n1C. The van der Waals surface area contributed by atoms with Gasteiger partial charge in [0.05, 0.1) is 0 Å². The van der Waals surface area contributed by atoms with Crippen LogP contribution in [0.4, 0.5) is 5.82 Å². The molecule has 3 rings (SSSR count). The molecule has 0 amide bonds. The lowest BCUT2D eigenvalue weighted by molar-refractivity contribution is 0.139. The molecule has 0 aliphatic carbocycles. The second kappa shape index (κ2) is 4.27. The van der Waals surface area contributed by atoms with Crippen molar-refractivity contribution in [3.05, 3.63) is 29.6 Å². The van der Waals surface area contributed by atoms with Crippen LogP contribution in [0.3, 0.4) is 0 Å². The number of hydrogen-bond acceptors (Lipinski definition) is 3. The van der Waals surface area contributed by atoms with Crippen LogP contribution < -0.4 is 10.5 Å². The highest BCUT2D eigenvalue weighted by molar-refractivity contribution is 5.78. The first-order chi connectivity index (χ1) is 9.43. The van der Waals surface area contributed by atoms with Gasteiger partial charge in [-0.15, -0.1) is 0 Å². The van der Waals surface area contributed by atoms with Crippen LogP contribution in [0.5, 0.6) is 5.75 Å². The van der Waals surface area contributed by atoms with E-state index in [2.05, 4.69) is 37.9 Å². The molecule has 2 N–H and O–H groups in total. The average molecular weight is 271 g/mol. The number of ether oxygens (including phenoxy) is 1. The van der Waals surface area contributed by atoms with Gasteiger partial charge in [-0.1, -0.05) is 19.1 Å². The summed E-state index contributed by atoms with van der Waals surface area (Å²) in [5, 5.41) is 0. The van der Waals surface area contributed by atoms with E-state index in [0.29, 0.717) is 5.82 Å². The highest BCUT2D eigenvalue weighted by atomic mass is 16.5. The standard InChI is InChI=1S/C16H21N3O/c1-5-12-18-13(15(17)19(12)4)11-8-6-7-10-9-16(2,3)20-14(10)11/h6-8H,5,9,17H2,1-4H3. The molecule has 0 saturated heterocycles. The minimum Gasteiger partial charge on any atom is -0.487 e. The van der Waals surface area contributed by atoms with Gasteiger partial charge in [0.1, 0.15) is 28.7 Å². The largest absolute Gasteiger partial charge is 0.487 e. The number of imidazole rings is 1. The molecule has 4 heteroatoms. The number of anilines is 1. The molecule has 0 radical (unpaired) electrons. The summed E-state index contributed by atoms with van der Waals surface area (Å²) in [6.07, 6.45) is 1.78. The van der Waals surface area contributed by atoms with Crippen LogP contribution in [-0.4, -0.2) is 15.2 Å². The Morgan fingerprint density at radius 1 is 1.40 bits per heavy atom. The van der Waals surface area contributed by atoms with E-state index in [1.807, 2.05) is 17.7 Å². The van der Waals surface area contributed by atoms with Crippen LogP contribution in [0.25, 0.3) is 11.3 Å². The molecule has 1 aromatic carbocycles. The van der Waals surface area contributed by atoms with Gasteiger partial charge in [0.2, 0.25) is 0 Å². The fraction of sp³-hybridized carbons (Fsp3) is 0.438. The molecule has 0 unspecified atom stereocenters. The van der Waals surface area contributed by atoms with Crippen LogP contribution in [0, 0.1) is 0 Å². The van der Waals surface area contributed by atoms with Gasteiger partial charge in [-0.3, -0.25) is 0 Å². The van der Waals surface area contributed by atoms with Gasteiger partial charge in [0, 0.05) is 25.5 Å². The van der Waals surface area contributed by atoms with Crippen LogP contribution in [-0.2, 0) is 19.9 Å². The first kappa shape index (κ1) is 13.0. The second-order valence-electron chi connectivity index (χ2n) is 6.01. The molecular weight excluding hydrogens is 250 g/mol. The van der Waals surface area contributed by atoms with Crippen molar-refractivity contribution in [3.8, 4) is 17.0 Å². The highest BCUT2D eigenvalue weighted by Crippen LogP contribution is 2.43. The van der Waals surface area contributed by atoms with Crippen LogP contribution >= 0.6 is 0 Å². The highest BCUT2D eigenvalue weighted by Gasteiger charge is 2.32. The summed E-state index contributed by atoms with van der Waals surface area (Å²) in [4.78, 5) is 4.68. The number of hydrogen-bond donors (Lipinski definition) is 1. The van der Waals surface area contributed by atoms with E-state index in [4.69, 9.17) is 10.5 Å². The monoisotopic (exact) mass is 271 g/mol. The first-order valence-electron chi connectivity index (χ1n) is 7.05. The Balaban J connectivity index is 2.16. The average Bonchev–Trinajstić information content (AvgIpc) is 2.86. The van der Waals surface area contributed by atoms with Crippen LogP contribution in [0.2, 0.25) is 0 Å². The first-order valence-corrected chi connectivity index (χ1v) is 7.05. The van der Waals surface area contributed by atoms with E-state index in [1.165, 1.54) is 5.56 Å². The summed E-state index contributed by atoms with van der Waals surface area (Å²) < 4.78 is 8.07. The van der Waals surface area contributed by atoms with E-state index in [1.54, 1.807) is 0 Å². The lowest BCUT2D eigenvalue weighted by atomic mass is 10.00. The van der Waals surface area contributed by atoms with Crippen molar-refractivity contribution in [1.82, 2.24) is 9.55 Å². The van der Waals surface area contributed by atoms with E-state index in [-0.39, 0.29) is 5.60 Å². The molecule has 106 valence electrons. The molecule has 2 aromatic rings. The molecule has 1 aliphatic rings. The Kier molecular flexibility index (Phi) is 2.78. The summed E-state index contributed by atoms with van der Waals surface area (Å²) in [6.45, 7) is 6.30. The van der Waals surface area contributed by atoms with Gasteiger partial charge in [-0.2, -0.15) is 0 Å². The lowest BCUT2D eigenvalue weighted by Crippen LogP contribution is -2.24. The van der Waals surface area contributed by atoms with Gasteiger partial charge in [0.25, 0.3) is 0 Å². The predicted molar refractivity (Wildman–Crippen MR) is 80.8 cm³/mol. The second-order valence-corrected chi connectivity index (χ2v) is 6.01. The maximum Gasteiger partial charge on any atom is 0.133 e. The summed E-state index contributed by atoms with van der Waals surface area (Å²) in [5.74, 6) is 2.63. The zero-order chi connectivity index (χ0) is 14.5. The Morgan fingerprint density at radius 3 is 2.80 bits per heavy atom. The number of aromatic nitrogens is 2. The molecule has 2 heterocycles. The van der Waals surface area contributed by atoms with Crippen molar-refractivity contribution < 1.29 is 4.74 Å². The smallest absolute Gasteiger partial charge is 0.133 e. The minimum atomic E-state index is -0.157. The number of fused-ring (bicyclic) bond motifs is 1. The Bertz CT molecular complexity index is 671. The summed E-state index contributed by atoms with van der Waals surface area (Å²) in [5.41, 5.74) is 9.13. The normalized spacial score (nSPS) is 16.0. The van der Waals surface area contributed by atoms with Crippen molar-refractivity contribution in [2.75, 3.05) is 5.73 Å². The number of para-hydroxylation sites is 1. The molecule has 0 atom stereocenters. The Morgan fingerprint density at radius 2 is 2.15 bits per heavy atom. The fourth-order valence-corrected chi connectivity index (χ4v) is 2.88. The van der Waals surface area contributed by atoms with E-state index in [9.17, 15) is 0 Å². The van der Waals surface area contributed by atoms with Crippen molar-refractivity contribution in [1.29, 1.82) is 0 Å². The molecule has 0 spiro atoms. The van der Waals surface area contributed by atoms with Crippen LogP contribution in [0.15, 0.2) is 18.2 Å². The topological polar surface area (TPSA) is 53.1 Å². The number of aryl methyl sites for hydroxylation is 1. The Hall–Kier alpha value is -1.97. The number of nitrogens with zero attached hydrogens (tertiary/aromatic N) is 2. The zero-order valence-corrected chi connectivity index (χ0v) is 12.5. The van der Waals surface area contributed by atoms with E-state index in [0.717, 1.165) is 35.7 Å². The van der Waals surface area contributed by atoms with Crippen LogP contribution in [0.1, 0.15) is 32.2 Å². The number of benzene rings is 1. The van der Waals surface area contributed by atoms with Gasteiger partial charge >= 0.3 is 0 Å². The van der Waals surface area contributed by atoms with Gasteiger partial charge in [0.15, 0.2) is 0 Å². The molecular formula is C16H21N3O. The van der Waals surface area contributed by atoms with Crippen molar-refractivity contribution in [2.45, 2.75) is 39.2 Å². The number of rotatable bonds is 2. The zero-order valence-electron chi connectivity index (χ0n) is 12.5. The molecule has 4 nitrogen and oxygen atoms in total. The molecule has 1 aromatic heterocycles. The third-order valence-corrected chi connectivity index (χ3v) is 3.89. The Labute approximate surface area is 119 Å². The maximum absolute atomic E-state index is 6.22. The molecule has 20 heavy (non-hydrogen) atoms. The van der Waals surface area contributed by atoms with Gasteiger partial charge in [-0.25, -0.2) is 4.98 Å². The van der Waals surface area contributed by atoms with E-state index < -0.39 is 0 Å². The molecule has 0 bridgehead atoms. The lowest BCUT2D eigenvalue weighted by Gasteiger charge is -2.18. The fourth-order valence-electron chi connectivity index (χ4n) is 2.88. The summed E-state index contributed by atoms with van der Waals surface area (Å²) in [6, 6.07) is 6.21. The molecule has 1 aliphatic heterocycles. The summed E-state index contributed by atoms with van der Waals surface area (Å²) in [7, 11) is 1.96. The maximum atomic E-state index is 6.22. The van der Waals surface area contributed by atoms with Gasteiger partial charge < -0.3 is 15.0 Å². The third kappa shape index (κ3) is 1.87. The number of nitrogen functional groups attached to an aromatic ring is 1. The summed E-state index contributed by atoms with van der Waals surface area (Å²) >= 11 is 0. The minimum absolute atomic E-state index is 0.157. The van der Waals surface area contributed by atoms with Crippen molar-refractivity contribution >= 4 is 5.82 Å². The van der Waals surface area contributed by atoms with Crippen molar-refractivity contribution in [3.63, 3.8) is 0 Å². The van der Waals surface area contributed by atoms with E-state index >= 15 is 0 Å². The third-order valence-electron chi connectivity index (χ3n) is 3.89. The number of nitrogens with two attached hydrogens (primary N) is 1. The van der Waals surface area contributed by atoms with Gasteiger partial charge in [-0.05, 0) is 25.5 Å². The molecule has 0 saturated carbocycles.